The summed E-state index contributed by atoms with van der Waals surface area (Å²) in [5.74, 6) is 1.23. The van der Waals surface area contributed by atoms with E-state index in [4.69, 9.17) is 0 Å². The maximum atomic E-state index is 12.9. The van der Waals surface area contributed by atoms with Crippen LogP contribution in [0.15, 0.2) is 24.3 Å². The summed E-state index contributed by atoms with van der Waals surface area (Å²) >= 11 is 0. The quantitative estimate of drug-likeness (QED) is 0.733. The number of hydrogen-bond acceptors (Lipinski definition) is 1. The van der Waals surface area contributed by atoms with Gasteiger partial charge in [-0.25, -0.2) is 4.39 Å². The van der Waals surface area contributed by atoms with Crippen LogP contribution >= 0.6 is 0 Å². The zero-order valence-corrected chi connectivity index (χ0v) is 12.7. The molecule has 0 saturated heterocycles. The summed E-state index contributed by atoms with van der Waals surface area (Å²) in [6.45, 7) is 9.94. The van der Waals surface area contributed by atoms with Gasteiger partial charge in [0.05, 0.1) is 0 Å². The molecule has 0 bridgehead atoms. The van der Waals surface area contributed by atoms with Crippen LogP contribution in [-0.2, 0) is 6.42 Å². The third-order valence-electron chi connectivity index (χ3n) is 3.40. The molecule has 1 aromatic rings. The highest BCUT2D eigenvalue weighted by molar-refractivity contribution is 5.16. The van der Waals surface area contributed by atoms with Gasteiger partial charge in [0.1, 0.15) is 5.82 Å². The Bertz CT molecular complexity index is 331. The highest BCUT2D eigenvalue weighted by Crippen LogP contribution is 2.17. The van der Waals surface area contributed by atoms with E-state index in [0.717, 1.165) is 18.9 Å². The Morgan fingerprint density at radius 1 is 1.00 bits per heavy atom. The monoisotopic (exact) mass is 265 g/mol. The largest absolute Gasteiger partial charge is 0.314 e. The molecular formula is C17H28FN. The van der Waals surface area contributed by atoms with Gasteiger partial charge in [0, 0.05) is 6.04 Å². The maximum Gasteiger partial charge on any atom is 0.123 e. The first-order valence-electron chi connectivity index (χ1n) is 7.45. The molecule has 19 heavy (non-hydrogen) atoms. The Morgan fingerprint density at radius 2 is 1.63 bits per heavy atom. The molecule has 0 aliphatic carbocycles. The molecular weight excluding hydrogens is 237 g/mol. The van der Waals surface area contributed by atoms with Gasteiger partial charge in [0.2, 0.25) is 0 Å². The lowest BCUT2D eigenvalue weighted by Crippen LogP contribution is -2.30. The van der Waals surface area contributed by atoms with Crippen molar-refractivity contribution in [2.45, 2.75) is 53.0 Å². The predicted molar refractivity (Wildman–Crippen MR) is 80.8 cm³/mol. The number of benzene rings is 1. The van der Waals surface area contributed by atoms with Crippen LogP contribution in [0.3, 0.4) is 0 Å². The highest BCUT2D eigenvalue weighted by atomic mass is 19.1. The minimum absolute atomic E-state index is 0.150. The van der Waals surface area contributed by atoms with Crippen molar-refractivity contribution < 1.29 is 4.39 Å². The van der Waals surface area contributed by atoms with E-state index in [-0.39, 0.29) is 5.82 Å². The summed E-state index contributed by atoms with van der Waals surface area (Å²) in [5, 5.41) is 3.53. The molecule has 1 rings (SSSR count). The van der Waals surface area contributed by atoms with E-state index in [1.54, 1.807) is 12.1 Å². The summed E-state index contributed by atoms with van der Waals surface area (Å²) in [7, 11) is 0. The number of rotatable bonds is 8. The van der Waals surface area contributed by atoms with Gasteiger partial charge in [-0.15, -0.1) is 0 Å². The Labute approximate surface area is 117 Å². The highest BCUT2D eigenvalue weighted by Gasteiger charge is 2.11. The van der Waals surface area contributed by atoms with E-state index in [2.05, 4.69) is 33.0 Å². The van der Waals surface area contributed by atoms with Gasteiger partial charge in [0.25, 0.3) is 0 Å². The van der Waals surface area contributed by atoms with Crippen molar-refractivity contribution in [1.29, 1.82) is 0 Å². The fraction of sp³-hybridized carbons (Fsp3) is 0.647. The molecule has 0 fully saturated rings. The molecule has 0 aliphatic rings. The molecule has 0 aromatic heterocycles. The van der Waals surface area contributed by atoms with Crippen LogP contribution < -0.4 is 5.32 Å². The normalized spacial score (nSPS) is 13.2. The van der Waals surface area contributed by atoms with Gasteiger partial charge in [-0.1, -0.05) is 46.2 Å². The second-order valence-electron chi connectivity index (χ2n) is 6.23. The maximum absolute atomic E-state index is 12.9. The number of hydrogen-bond donors (Lipinski definition) is 1. The first kappa shape index (κ1) is 16.2. The van der Waals surface area contributed by atoms with Gasteiger partial charge in [-0.05, 0) is 48.9 Å². The standard InChI is InChI=1S/C17H28FN/c1-13(2)5-6-16(12-19-14(3)4)11-15-7-9-17(18)10-8-15/h7-10,13-14,16,19H,5-6,11-12H2,1-4H3. The molecule has 1 nitrogen and oxygen atoms in total. The molecule has 108 valence electrons. The van der Waals surface area contributed by atoms with Crippen LogP contribution in [0.2, 0.25) is 0 Å². The number of nitrogens with one attached hydrogen (secondary N) is 1. The van der Waals surface area contributed by atoms with Gasteiger partial charge in [-0.2, -0.15) is 0 Å². The summed E-state index contributed by atoms with van der Waals surface area (Å²) in [4.78, 5) is 0. The minimum Gasteiger partial charge on any atom is -0.314 e. The Kier molecular flexibility index (Phi) is 7.07. The second kappa shape index (κ2) is 8.31. The SMILES string of the molecule is CC(C)CCC(CNC(C)C)Cc1ccc(F)cc1. The van der Waals surface area contributed by atoms with E-state index < -0.39 is 0 Å². The van der Waals surface area contributed by atoms with Crippen molar-refractivity contribution in [3.63, 3.8) is 0 Å². The lowest BCUT2D eigenvalue weighted by Gasteiger charge is -2.20. The Hall–Kier alpha value is -0.890. The molecule has 0 amide bonds. The van der Waals surface area contributed by atoms with Crippen LogP contribution in [-0.4, -0.2) is 12.6 Å². The molecule has 1 unspecified atom stereocenters. The molecule has 0 heterocycles. The Balaban J connectivity index is 2.53. The number of halogens is 1. The minimum atomic E-state index is -0.150. The van der Waals surface area contributed by atoms with E-state index in [0.29, 0.717) is 12.0 Å². The Morgan fingerprint density at radius 3 is 2.16 bits per heavy atom. The third-order valence-corrected chi connectivity index (χ3v) is 3.40. The van der Waals surface area contributed by atoms with Crippen LogP contribution in [0.1, 0.15) is 46.1 Å². The smallest absolute Gasteiger partial charge is 0.123 e. The van der Waals surface area contributed by atoms with Crippen LogP contribution in [0.25, 0.3) is 0 Å². The molecule has 0 radical (unpaired) electrons. The third kappa shape index (κ3) is 7.31. The molecule has 1 atom stereocenters. The van der Waals surface area contributed by atoms with Crippen molar-refractivity contribution in [3.8, 4) is 0 Å². The van der Waals surface area contributed by atoms with Crippen molar-refractivity contribution in [2.24, 2.45) is 11.8 Å². The van der Waals surface area contributed by atoms with Crippen LogP contribution in [0.5, 0.6) is 0 Å². The lowest BCUT2D eigenvalue weighted by molar-refractivity contribution is 0.386. The van der Waals surface area contributed by atoms with E-state index >= 15 is 0 Å². The van der Waals surface area contributed by atoms with Crippen LogP contribution in [0, 0.1) is 17.7 Å². The molecule has 0 aliphatic heterocycles. The fourth-order valence-electron chi connectivity index (χ4n) is 2.20. The van der Waals surface area contributed by atoms with E-state index in [1.807, 2.05) is 12.1 Å². The van der Waals surface area contributed by atoms with Gasteiger partial charge >= 0.3 is 0 Å². The zero-order chi connectivity index (χ0) is 14.3. The van der Waals surface area contributed by atoms with Crippen molar-refractivity contribution in [2.75, 3.05) is 6.54 Å². The molecule has 0 spiro atoms. The van der Waals surface area contributed by atoms with Crippen molar-refractivity contribution >= 4 is 0 Å². The van der Waals surface area contributed by atoms with E-state index in [9.17, 15) is 4.39 Å². The molecule has 1 N–H and O–H groups in total. The summed E-state index contributed by atoms with van der Waals surface area (Å²) in [6.07, 6.45) is 3.52. The lowest BCUT2D eigenvalue weighted by atomic mass is 9.91. The topological polar surface area (TPSA) is 12.0 Å². The van der Waals surface area contributed by atoms with Crippen molar-refractivity contribution in [3.05, 3.63) is 35.6 Å². The van der Waals surface area contributed by atoms with E-state index in [1.165, 1.54) is 18.4 Å². The van der Waals surface area contributed by atoms with Gasteiger partial charge in [-0.3, -0.25) is 0 Å². The molecule has 1 aromatic carbocycles. The van der Waals surface area contributed by atoms with Crippen molar-refractivity contribution in [1.82, 2.24) is 5.32 Å². The van der Waals surface area contributed by atoms with Gasteiger partial charge in [0.15, 0.2) is 0 Å². The summed E-state index contributed by atoms with van der Waals surface area (Å²) < 4.78 is 12.9. The fourth-order valence-corrected chi connectivity index (χ4v) is 2.20. The zero-order valence-electron chi connectivity index (χ0n) is 12.7. The summed E-state index contributed by atoms with van der Waals surface area (Å²) in [5.41, 5.74) is 1.24. The first-order valence-corrected chi connectivity index (χ1v) is 7.45. The van der Waals surface area contributed by atoms with Gasteiger partial charge < -0.3 is 5.32 Å². The predicted octanol–water partition coefficient (Wildman–Crippen LogP) is 4.42. The average Bonchev–Trinajstić information content (AvgIpc) is 2.35. The molecule has 2 heteroatoms. The average molecular weight is 265 g/mol. The summed E-state index contributed by atoms with van der Waals surface area (Å²) in [6, 6.07) is 7.46. The second-order valence-corrected chi connectivity index (χ2v) is 6.23. The molecule has 0 saturated carbocycles. The van der Waals surface area contributed by atoms with Crippen LogP contribution in [0.4, 0.5) is 4.39 Å². The first-order chi connectivity index (χ1) is 8.97.